The number of carbonyl (C=O) groups is 2. The molecule has 2 N–H and O–H groups in total. The second-order valence-electron chi connectivity index (χ2n) is 7.68. The highest BCUT2D eigenvalue weighted by Crippen LogP contribution is 2.22. The summed E-state index contributed by atoms with van der Waals surface area (Å²) in [5.74, 6) is -0.770. The van der Waals surface area contributed by atoms with E-state index in [0.29, 0.717) is 74.3 Å². The van der Waals surface area contributed by atoms with Crippen LogP contribution in [-0.2, 0) is 11.3 Å². The summed E-state index contributed by atoms with van der Waals surface area (Å²) in [7, 11) is 0. The summed E-state index contributed by atoms with van der Waals surface area (Å²) >= 11 is 6.46. The standard InChI is InChI=1S/C21H25ClN4O6/c22-17-13-15(20(29)24-9-11-31-12-10-24)1-2-16(17)14-23-5-7-25(8-6-23)21(30)32-26-18(27)3-4-19(26)28/h1-4,13,27-28H,5-12,14H2. The number of ether oxygens (including phenoxy) is 1. The average Bonchev–Trinajstić information content (AvgIpc) is 3.13. The van der Waals surface area contributed by atoms with Gasteiger partial charge in [-0.25, -0.2) is 4.79 Å². The summed E-state index contributed by atoms with van der Waals surface area (Å²) in [5.41, 5.74) is 1.47. The van der Waals surface area contributed by atoms with Crippen molar-refractivity contribution < 1.29 is 29.4 Å². The van der Waals surface area contributed by atoms with Gasteiger partial charge in [0.05, 0.1) is 13.2 Å². The molecule has 0 spiro atoms. The molecular formula is C21H25ClN4O6. The molecule has 2 aromatic rings. The van der Waals surface area contributed by atoms with Crippen molar-refractivity contribution in [2.24, 2.45) is 0 Å². The molecule has 172 valence electrons. The van der Waals surface area contributed by atoms with Crippen molar-refractivity contribution in [2.45, 2.75) is 6.54 Å². The van der Waals surface area contributed by atoms with Crippen LogP contribution in [0.4, 0.5) is 4.79 Å². The van der Waals surface area contributed by atoms with E-state index in [1.807, 2.05) is 6.07 Å². The second-order valence-corrected chi connectivity index (χ2v) is 8.08. The van der Waals surface area contributed by atoms with Gasteiger partial charge in [-0.15, -0.1) is 4.73 Å². The summed E-state index contributed by atoms with van der Waals surface area (Å²) in [5, 5.41) is 19.7. The van der Waals surface area contributed by atoms with Crippen LogP contribution in [0.25, 0.3) is 0 Å². The van der Waals surface area contributed by atoms with Crippen molar-refractivity contribution in [1.29, 1.82) is 0 Å². The minimum atomic E-state index is -0.657. The molecule has 32 heavy (non-hydrogen) atoms. The number of rotatable bonds is 4. The first kappa shape index (κ1) is 22.3. The zero-order valence-corrected chi connectivity index (χ0v) is 18.2. The fourth-order valence-electron chi connectivity index (χ4n) is 3.72. The number of nitrogens with zero attached hydrogens (tertiary/aromatic N) is 4. The first-order valence-electron chi connectivity index (χ1n) is 10.4. The van der Waals surface area contributed by atoms with Crippen molar-refractivity contribution in [3.8, 4) is 11.8 Å². The number of aromatic nitrogens is 1. The molecule has 2 aliphatic rings. The molecule has 2 aliphatic heterocycles. The van der Waals surface area contributed by atoms with Gasteiger partial charge >= 0.3 is 6.09 Å². The van der Waals surface area contributed by atoms with Gasteiger partial charge in [0.25, 0.3) is 5.91 Å². The van der Waals surface area contributed by atoms with E-state index in [2.05, 4.69) is 4.90 Å². The van der Waals surface area contributed by atoms with Crippen LogP contribution in [0.2, 0.25) is 5.02 Å². The topological polar surface area (TPSA) is 108 Å². The van der Waals surface area contributed by atoms with Crippen molar-refractivity contribution in [1.82, 2.24) is 19.4 Å². The molecule has 0 unspecified atom stereocenters. The van der Waals surface area contributed by atoms with Crippen molar-refractivity contribution in [3.63, 3.8) is 0 Å². The van der Waals surface area contributed by atoms with E-state index in [4.69, 9.17) is 21.2 Å². The van der Waals surface area contributed by atoms with Gasteiger partial charge in [-0.05, 0) is 17.7 Å². The quantitative estimate of drug-likeness (QED) is 0.704. The number of aromatic hydroxyl groups is 2. The Labute approximate surface area is 190 Å². The van der Waals surface area contributed by atoms with E-state index in [1.165, 1.54) is 17.0 Å². The number of piperazine rings is 1. The van der Waals surface area contributed by atoms with Crippen LogP contribution in [0, 0.1) is 0 Å². The maximum absolute atomic E-state index is 12.6. The van der Waals surface area contributed by atoms with Crippen molar-refractivity contribution >= 4 is 23.6 Å². The summed E-state index contributed by atoms with van der Waals surface area (Å²) in [6.45, 7) is 4.89. The third kappa shape index (κ3) is 4.93. The zero-order valence-electron chi connectivity index (χ0n) is 17.4. The maximum atomic E-state index is 12.6. The summed E-state index contributed by atoms with van der Waals surface area (Å²) in [6.07, 6.45) is -0.657. The van der Waals surface area contributed by atoms with Crippen LogP contribution in [0.5, 0.6) is 11.8 Å². The molecule has 10 nitrogen and oxygen atoms in total. The van der Waals surface area contributed by atoms with Crippen molar-refractivity contribution in [2.75, 3.05) is 52.5 Å². The van der Waals surface area contributed by atoms with Gasteiger partial charge in [0.1, 0.15) is 0 Å². The van der Waals surface area contributed by atoms with Crippen LogP contribution in [0.15, 0.2) is 30.3 Å². The molecule has 2 saturated heterocycles. The highest BCUT2D eigenvalue weighted by Gasteiger charge is 2.25. The number of carbonyl (C=O) groups excluding carboxylic acids is 2. The Balaban J connectivity index is 1.30. The predicted molar refractivity (Wildman–Crippen MR) is 115 cm³/mol. The van der Waals surface area contributed by atoms with Crippen LogP contribution < -0.4 is 4.84 Å². The minimum absolute atomic E-state index is 0.0476. The Morgan fingerprint density at radius 2 is 1.59 bits per heavy atom. The first-order valence-corrected chi connectivity index (χ1v) is 10.7. The molecule has 2 amide bonds. The number of morpholine rings is 1. The van der Waals surface area contributed by atoms with E-state index >= 15 is 0 Å². The van der Waals surface area contributed by atoms with Gasteiger partial charge in [0, 0.05) is 68.5 Å². The molecule has 0 bridgehead atoms. The molecule has 0 radical (unpaired) electrons. The average molecular weight is 465 g/mol. The zero-order chi connectivity index (χ0) is 22.7. The van der Waals surface area contributed by atoms with Gasteiger partial charge in [0.15, 0.2) is 0 Å². The number of halogens is 1. The van der Waals surface area contributed by atoms with E-state index < -0.39 is 6.09 Å². The van der Waals surface area contributed by atoms with Crippen LogP contribution in [0.3, 0.4) is 0 Å². The van der Waals surface area contributed by atoms with Gasteiger partial charge in [0.2, 0.25) is 11.8 Å². The van der Waals surface area contributed by atoms with Gasteiger partial charge < -0.3 is 29.6 Å². The fourth-order valence-corrected chi connectivity index (χ4v) is 3.96. The number of hydrogen-bond acceptors (Lipinski definition) is 7. The molecule has 0 saturated carbocycles. The summed E-state index contributed by atoms with van der Waals surface area (Å²) in [6, 6.07) is 7.82. The normalized spacial score (nSPS) is 17.4. The predicted octanol–water partition coefficient (Wildman–Crippen LogP) is 1.39. The number of benzene rings is 1. The largest absolute Gasteiger partial charge is 0.492 e. The number of amides is 2. The molecular weight excluding hydrogens is 440 g/mol. The maximum Gasteiger partial charge on any atom is 0.434 e. The molecule has 11 heteroatoms. The molecule has 0 aliphatic carbocycles. The van der Waals surface area contributed by atoms with E-state index in [1.54, 1.807) is 17.0 Å². The minimum Gasteiger partial charge on any atom is -0.492 e. The van der Waals surface area contributed by atoms with E-state index in [9.17, 15) is 19.8 Å². The monoisotopic (exact) mass is 464 g/mol. The second kappa shape index (κ2) is 9.68. The lowest BCUT2D eigenvalue weighted by atomic mass is 10.1. The van der Waals surface area contributed by atoms with Crippen molar-refractivity contribution in [3.05, 3.63) is 46.5 Å². The molecule has 1 aromatic heterocycles. The lowest BCUT2D eigenvalue weighted by Crippen LogP contribution is -2.50. The van der Waals surface area contributed by atoms with E-state index in [-0.39, 0.29) is 17.7 Å². The van der Waals surface area contributed by atoms with Gasteiger partial charge in [-0.2, -0.15) is 0 Å². The first-order chi connectivity index (χ1) is 15.4. The van der Waals surface area contributed by atoms with Gasteiger partial charge in [-0.1, -0.05) is 17.7 Å². The highest BCUT2D eigenvalue weighted by atomic mass is 35.5. The summed E-state index contributed by atoms with van der Waals surface area (Å²) < 4.78 is 5.97. The fraction of sp³-hybridized carbons (Fsp3) is 0.429. The Kier molecular flexibility index (Phi) is 6.73. The van der Waals surface area contributed by atoms with Crippen LogP contribution in [-0.4, -0.2) is 94.1 Å². The van der Waals surface area contributed by atoms with E-state index in [0.717, 1.165) is 5.56 Å². The molecule has 3 heterocycles. The Morgan fingerprint density at radius 1 is 0.938 bits per heavy atom. The lowest BCUT2D eigenvalue weighted by Gasteiger charge is -2.34. The number of hydrogen-bond donors (Lipinski definition) is 2. The molecule has 2 fully saturated rings. The van der Waals surface area contributed by atoms with Crippen LogP contribution in [0.1, 0.15) is 15.9 Å². The summed E-state index contributed by atoms with van der Waals surface area (Å²) in [4.78, 5) is 35.4. The smallest absolute Gasteiger partial charge is 0.434 e. The Bertz CT molecular complexity index is 963. The molecule has 0 atom stereocenters. The van der Waals surface area contributed by atoms with Crippen LogP contribution >= 0.6 is 11.6 Å². The highest BCUT2D eigenvalue weighted by molar-refractivity contribution is 6.31. The molecule has 4 rings (SSSR count). The Morgan fingerprint density at radius 3 is 2.22 bits per heavy atom. The SMILES string of the molecule is O=C(On1c(O)ccc1O)N1CCN(Cc2ccc(C(=O)N3CCOCC3)cc2Cl)CC1. The molecule has 1 aromatic carbocycles. The lowest BCUT2D eigenvalue weighted by molar-refractivity contribution is 0.0303. The third-order valence-corrected chi connectivity index (χ3v) is 5.94. The third-order valence-electron chi connectivity index (χ3n) is 5.59. The van der Waals surface area contributed by atoms with Gasteiger partial charge in [-0.3, -0.25) is 9.69 Å². The Hall–Kier alpha value is -2.95.